The number of aliphatic hydroxyl groups is 3. The zero-order valence-electron chi connectivity index (χ0n) is 44.6. The molecule has 4 heterocycles. The first kappa shape index (κ1) is 62.5. The number of fused-ring (bicyclic) bond motifs is 1. The number of aliphatic carboxylic acids is 1. The Labute approximate surface area is 474 Å². The van der Waals surface area contributed by atoms with Gasteiger partial charge in [0.15, 0.2) is 30.8 Å². The van der Waals surface area contributed by atoms with Crippen molar-refractivity contribution in [3.05, 3.63) is 142 Å². The van der Waals surface area contributed by atoms with Crippen LogP contribution in [0.5, 0.6) is 5.75 Å². The number of aromatic nitrogens is 3. The van der Waals surface area contributed by atoms with Gasteiger partial charge in [-0.05, 0) is 79.6 Å². The second-order valence-corrected chi connectivity index (χ2v) is 19.5. The Kier molecular flexibility index (Phi) is 23.3. The summed E-state index contributed by atoms with van der Waals surface area (Å²) in [6.45, 7) is 3.93. The van der Waals surface area contributed by atoms with Crippen LogP contribution in [0.4, 0.5) is 11.4 Å². The van der Waals surface area contributed by atoms with Crippen LogP contribution in [0.15, 0.2) is 101 Å². The van der Waals surface area contributed by atoms with Crippen molar-refractivity contribution in [1.29, 1.82) is 0 Å². The Morgan fingerprint density at radius 2 is 1.57 bits per heavy atom. The molecule has 2 aliphatic heterocycles. The van der Waals surface area contributed by atoms with Crippen LogP contribution in [0.25, 0.3) is 10.9 Å². The Balaban J connectivity index is 0.0000106. The molecular weight excluding hydrogens is 1120 g/mol. The van der Waals surface area contributed by atoms with Gasteiger partial charge in [-0.2, -0.15) is 0 Å². The molecular formula is C57H64BrN7O16. The monoisotopic (exact) mass is 1180 g/mol. The number of rotatable bonds is 29. The van der Waals surface area contributed by atoms with E-state index in [0.29, 0.717) is 40.8 Å². The van der Waals surface area contributed by atoms with E-state index in [2.05, 4.69) is 42.5 Å². The number of aromatic amines is 1. The quantitative estimate of drug-likeness (QED) is 0.00902. The van der Waals surface area contributed by atoms with Crippen molar-refractivity contribution in [2.24, 2.45) is 0 Å². The van der Waals surface area contributed by atoms with Crippen molar-refractivity contribution >= 4 is 73.6 Å². The number of Topliss-reactive ketones (excluding diaryl/α,β-unsaturated/α-hetero) is 1. The van der Waals surface area contributed by atoms with Crippen LogP contribution in [0.2, 0.25) is 0 Å². The summed E-state index contributed by atoms with van der Waals surface area (Å²) in [5, 5.41) is 46.8. The molecule has 0 bridgehead atoms. The molecule has 0 saturated carbocycles. The Bertz CT molecular complexity index is 3170. The summed E-state index contributed by atoms with van der Waals surface area (Å²) in [6.07, 6.45) is 2.80. The summed E-state index contributed by atoms with van der Waals surface area (Å²) >= 11 is 3.62. The average Bonchev–Trinajstić information content (AvgIpc) is 3.75. The average molecular weight is 1180 g/mol. The number of carboxylic acid groups (broad SMARTS) is 1. The maximum atomic E-state index is 13.5. The number of nitrogens with zero attached hydrogens (tertiary/aromatic N) is 4. The molecule has 0 unspecified atom stereocenters. The van der Waals surface area contributed by atoms with Gasteiger partial charge in [-0.1, -0.05) is 21.9 Å². The first-order valence-corrected chi connectivity index (χ1v) is 26.3. The van der Waals surface area contributed by atoms with Crippen molar-refractivity contribution in [3.8, 4) is 18.1 Å². The predicted octanol–water partition coefficient (Wildman–Crippen LogP) is 2.32. The molecule has 24 heteroatoms. The number of aryl methyl sites for hydroxylation is 2. The van der Waals surface area contributed by atoms with E-state index in [1.165, 1.54) is 18.2 Å². The number of aliphatic hydroxyl groups excluding tert-OH is 3. The molecule has 2 aromatic heterocycles. The standard InChI is InChI=1S/C56H60BrN7O16.CH3/c1-3-19-63(33-38-29-40-42(30-41(38)57)59-34(2)60-54(40)73)39-10-8-37(9-11-39)44(65)12-6-35-5-4-20-62(31-35)32-36-7-13-45(79-56-52(72)50(70)51(71)53(80-56)55(74)75)43(28-36)61-47(67)16-18-58-46(66)17-22-76-24-26-78-27-25-77-23-21-64-48(68)14-15-49(64)69;/h1,4-5,7-11,13-15,20,28-31,50-53,56,70-72H,6,12,16-19,21-27,32-33H2,2H3,(H3-,58,59,60,61,66,67,73,74,75);1H3/q;-1/p+1/t50-,51-,52+,53-,56+;/m0./s1. The number of carbonyl (C=O) groups excluding carboxylic acids is 5. The number of imide groups is 1. The van der Waals surface area contributed by atoms with Crippen LogP contribution in [0.3, 0.4) is 0 Å². The molecule has 0 radical (unpaired) electrons. The van der Waals surface area contributed by atoms with Gasteiger partial charge in [0, 0.05) is 77.4 Å². The van der Waals surface area contributed by atoms with Crippen LogP contribution < -0.4 is 30.4 Å². The van der Waals surface area contributed by atoms with E-state index in [4.69, 9.17) is 30.1 Å². The maximum Gasteiger partial charge on any atom is 0.335 e. The smallest absolute Gasteiger partial charge is 0.335 e. The van der Waals surface area contributed by atoms with E-state index >= 15 is 0 Å². The minimum atomic E-state index is -1.96. The lowest BCUT2D eigenvalue weighted by atomic mass is 9.99. The van der Waals surface area contributed by atoms with Crippen LogP contribution >= 0.6 is 15.9 Å². The number of carbonyl (C=O) groups is 6. The molecule has 23 nitrogen and oxygen atoms in total. The third-order valence-electron chi connectivity index (χ3n) is 12.7. The Hall–Kier alpha value is -7.73. The lowest BCUT2D eigenvalue weighted by Gasteiger charge is -2.38. The predicted molar refractivity (Wildman–Crippen MR) is 297 cm³/mol. The molecule has 1 fully saturated rings. The lowest BCUT2D eigenvalue weighted by molar-refractivity contribution is -0.688. The van der Waals surface area contributed by atoms with E-state index < -0.39 is 42.6 Å². The summed E-state index contributed by atoms with van der Waals surface area (Å²) < 4.78 is 30.1. The van der Waals surface area contributed by atoms with Crippen molar-refractivity contribution in [2.45, 2.75) is 76.4 Å². The fourth-order valence-corrected chi connectivity index (χ4v) is 9.03. The lowest BCUT2D eigenvalue weighted by Crippen LogP contribution is -2.61. The fourth-order valence-electron chi connectivity index (χ4n) is 8.57. The molecule has 7 N–H and O–H groups in total. The number of ketones is 1. The van der Waals surface area contributed by atoms with Gasteiger partial charge in [0.25, 0.3) is 17.4 Å². The highest BCUT2D eigenvalue weighted by Crippen LogP contribution is 2.32. The number of carboxylic acids is 1. The molecule has 5 aromatic rings. The number of H-pyrrole nitrogens is 1. The normalized spacial score (nSPS) is 17.6. The zero-order valence-corrected chi connectivity index (χ0v) is 46.2. The molecule has 1 saturated heterocycles. The molecule has 5 atom stereocenters. The number of hydrogen-bond donors (Lipinski definition) is 7. The van der Waals surface area contributed by atoms with Gasteiger partial charge < -0.3 is 72.1 Å². The molecule has 430 valence electrons. The number of hydrogen-bond acceptors (Lipinski definition) is 17. The number of nitrogens with one attached hydrogen (secondary N) is 3. The van der Waals surface area contributed by atoms with Crippen LogP contribution in [-0.4, -0.2) is 161 Å². The third-order valence-corrected chi connectivity index (χ3v) is 13.5. The van der Waals surface area contributed by atoms with Gasteiger partial charge in [0.05, 0.1) is 69.3 Å². The second-order valence-electron chi connectivity index (χ2n) is 18.6. The highest BCUT2D eigenvalue weighted by atomic mass is 79.9. The number of ether oxygens (including phenoxy) is 5. The molecule has 4 amide bonds. The highest BCUT2D eigenvalue weighted by molar-refractivity contribution is 9.10. The van der Waals surface area contributed by atoms with Crippen molar-refractivity contribution in [1.82, 2.24) is 20.2 Å². The van der Waals surface area contributed by atoms with E-state index in [0.717, 1.165) is 26.2 Å². The number of halogens is 1. The molecule has 0 spiro atoms. The summed E-state index contributed by atoms with van der Waals surface area (Å²) in [7, 11) is 0. The third kappa shape index (κ3) is 17.6. The largest absolute Gasteiger partial charge is 0.479 e. The summed E-state index contributed by atoms with van der Waals surface area (Å²) in [5.74, 6) is -0.237. The van der Waals surface area contributed by atoms with Crippen molar-refractivity contribution in [3.63, 3.8) is 0 Å². The van der Waals surface area contributed by atoms with Crippen LogP contribution in [0, 0.1) is 26.7 Å². The van der Waals surface area contributed by atoms with E-state index in [-0.39, 0.29) is 133 Å². The number of anilines is 2. The first-order valence-electron chi connectivity index (χ1n) is 25.5. The zero-order chi connectivity index (χ0) is 57.3. The molecule has 2 aliphatic rings. The van der Waals surface area contributed by atoms with Crippen molar-refractivity contribution < 1.29 is 77.4 Å². The second kappa shape index (κ2) is 30.2. The summed E-state index contributed by atoms with van der Waals surface area (Å²) in [6, 6.07) is 19.2. The Morgan fingerprint density at radius 1 is 0.864 bits per heavy atom. The molecule has 3 aromatic carbocycles. The van der Waals surface area contributed by atoms with Gasteiger partial charge >= 0.3 is 5.97 Å². The minimum Gasteiger partial charge on any atom is -0.479 e. The van der Waals surface area contributed by atoms with Gasteiger partial charge in [-0.25, -0.2) is 14.3 Å². The van der Waals surface area contributed by atoms with E-state index in [1.807, 2.05) is 46.1 Å². The molecule has 7 rings (SSSR count). The van der Waals surface area contributed by atoms with Crippen LogP contribution in [0.1, 0.15) is 52.1 Å². The van der Waals surface area contributed by atoms with E-state index in [9.17, 15) is 54.0 Å². The van der Waals surface area contributed by atoms with Gasteiger partial charge in [0.1, 0.15) is 29.9 Å². The first-order chi connectivity index (χ1) is 38.5. The van der Waals surface area contributed by atoms with Gasteiger partial charge in [0.2, 0.25) is 18.1 Å². The van der Waals surface area contributed by atoms with Crippen LogP contribution in [-0.2, 0) is 62.4 Å². The summed E-state index contributed by atoms with van der Waals surface area (Å²) in [4.78, 5) is 97.2. The topological polar surface area (TPSA) is 310 Å². The minimum absolute atomic E-state index is 0. The summed E-state index contributed by atoms with van der Waals surface area (Å²) in [5.41, 5.74) is 4.05. The highest BCUT2D eigenvalue weighted by Gasteiger charge is 2.48. The number of benzene rings is 3. The molecule has 81 heavy (non-hydrogen) atoms. The van der Waals surface area contributed by atoms with Gasteiger partial charge in [-0.3, -0.25) is 33.7 Å². The van der Waals surface area contributed by atoms with Crippen molar-refractivity contribution in [2.75, 3.05) is 69.5 Å². The maximum absolute atomic E-state index is 13.5. The number of amides is 4. The Morgan fingerprint density at radius 3 is 2.27 bits per heavy atom. The fraction of sp³-hybridized carbons (Fsp3) is 0.368. The number of terminal acetylenes is 1. The van der Waals surface area contributed by atoms with Gasteiger partial charge in [-0.15, -0.1) is 6.42 Å². The molecule has 0 aliphatic carbocycles. The number of pyridine rings is 1. The van der Waals surface area contributed by atoms with E-state index in [1.54, 1.807) is 43.3 Å². The SMILES string of the molecule is C#CCN(Cc1cc2c(=O)[nH]c(C)nc2cc1Br)c1ccc(C(=O)CCc2ccc[n+](Cc3ccc(O[C@@H]4O[C@H](C(=O)O)[C@@H](O)[C@H](O)[C@H]4O)c(NC(=O)CCNC(=O)CCOCCOCCOCCN4C(=O)C=CC4=O)c3)c2)cc1.[CH3-].